The predicted octanol–water partition coefficient (Wildman–Crippen LogP) is 13.4. The number of thiophene rings is 1. The molecule has 2 aromatic heterocycles. The van der Waals surface area contributed by atoms with Gasteiger partial charge in [0, 0.05) is 47.9 Å². The van der Waals surface area contributed by atoms with Crippen LogP contribution in [0.4, 0.5) is 17.1 Å². The first-order chi connectivity index (χ1) is 24.3. The second kappa shape index (κ2) is 11.2. The number of hydrogen-bond donors (Lipinski definition) is 0. The van der Waals surface area contributed by atoms with E-state index >= 15 is 0 Å². The lowest BCUT2D eigenvalue weighted by Crippen LogP contribution is -2.11. The molecule has 230 valence electrons. The van der Waals surface area contributed by atoms with E-state index in [1.165, 1.54) is 63.9 Å². The van der Waals surface area contributed by atoms with Crippen molar-refractivity contribution in [3.05, 3.63) is 182 Å². The van der Waals surface area contributed by atoms with Gasteiger partial charge < -0.3 is 9.47 Å². The molecule has 0 aliphatic heterocycles. The van der Waals surface area contributed by atoms with Gasteiger partial charge in [0.1, 0.15) is 0 Å². The highest BCUT2D eigenvalue weighted by atomic mass is 32.1. The Bertz CT molecular complexity index is 2830. The summed E-state index contributed by atoms with van der Waals surface area (Å²) in [5.41, 5.74) is 9.31. The lowest BCUT2D eigenvalue weighted by atomic mass is 9.99. The molecule has 0 radical (unpaired) electrons. The maximum absolute atomic E-state index is 2.49. The van der Waals surface area contributed by atoms with Crippen molar-refractivity contribution in [1.82, 2.24) is 4.57 Å². The zero-order valence-corrected chi connectivity index (χ0v) is 27.4. The van der Waals surface area contributed by atoms with Crippen LogP contribution in [-0.4, -0.2) is 4.57 Å². The molecule has 2 heterocycles. The molecule has 49 heavy (non-hydrogen) atoms. The van der Waals surface area contributed by atoms with E-state index in [9.17, 15) is 0 Å². The van der Waals surface area contributed by atoms with E-state index in [-0.39, 0.29) is 0 Å². The second-order valence-corrected chi connectivity index (χ2v) is 13.6. The first kappa shape index (κ1) is 27.9. The Hall–Kier alpha value is -6.16. The van der Waals surface area contributed by atoms with Crippen LogP contribution in [0, 0.1) is 0 Å². The molecule has 0 fully saturated rings. The minimum atomic E-state index is 1.13. The number of benzene rings is 8. The van der Waals surface area contributed by atoms with E-state index in [1.54, 1.807) is 0 Å². The van der Waals surface area contributed by atoms with Crippen LogP contribution in [0.25, 0.3) is 69.6 Å². The van der Waals surface area contributed by atoms with Gasteiger partial charge in [-0.25, -0.2) is 0 Å². The molecule has 0 N–H and O–H groups in total. The van der Waals surface area contributed by atoms with E-state index in [4.69, 9.17) is 0 Å². The quantitative estimate of drug-likeness (QED) is 0.181. The number of nitrogens with zero attached hydrogens (tertiary/aromatic N) is 2. The van der Waals surface area contributed by atoms with Crippen LogP contribution >= 0.6 is 11.3 Å². The van der Waals surface area contributed by atoms with Crippen molar-refractivity contribution in [1.29, 1.82) is 0 Å². The minimum Gasteiger partial charge on any atom is -0.309 e. The molecule has 0 atom stereocenters. The van der Waals surface area contributed by atoms with Gasteiger partial charge in [-0.2, -0.15) is 0 Å². The molecule has 0 spiro atoms. The van der Waals surface area contributed by atoms with Gasteiger partial charge in [-0.05, 0) is 77.0 Å². The van der Waals surface area contributed by atoms with Crippen molar-refractivity contribution in [2.45, 2.75) is 0 Å². The largest absolute Gasteiger partial charge is 0.309 e. The highest BCUT2D eigenvalue weighted by Crippen LogP contribution is 2.48. The van der Waals surface area contributed by atoms with Gasteiger partial charge in [0.25, 0.3) is 0 Å². The lowest BCUT2D eigenvalue weighted by Gasteiger charge is -2.29. The summed E-state index contributed by atoms with van der Waals surface area (Å²) in [5, 5.41) is 7.61. The van der Waals surface area contributed by atoms with Crippen LogP contribution in [0.2, 0.25) is 0 Å². The number of fused-ring (bicyclic) bond motifs is 8. The Morgan fingerprint density at radius 2 is 1.10 bits per heavy atom. The van der Waals surface area contributed by atoms with E-state index in [0.29, 0.717) is 0 Å². The van der Waals surface area contributed by atoms with Gasteiger partial charge in [0.2, 0.25) is 0 Å². The van der Waals surface area contributed by atoms with Crippen molar-refractivity contribution < 1.29 is 0 Å². The monoisotopic (exact) mass is 642 g/mol. The zero-order valence-electron chi connectivity index (χ0n) is 26.6. The second-order valence-electron chi connectivity index (χ2n) is 12.5. The molecular weight excluding hydrogens is 613 g/mol. The zero-order chi connectivity index (χ0) is 32.3. The molecule has 0 bridgehead atoms. The maximum atomic E-state index is 2.49. The molecule has 10 aromatic rings. The van der Waals surface area contributed by atoms with Crippen LogP contribution in [-0.2, 0) is 0 Å². The van der Waals surface area contributed by atoms with Crippen molar-refractivity contribution in [2.24, 2.45) is 0 Å². The summed E-state index contributed by atoms with van der Waals surface area (Å²) in [6.45, 7) is 0. The molecule has 0 amide bonds. The van der Waals surface area contributed by atoms with Gasteiger partial charge in [0.15, 0.2) is 0 Å². The van der Waals surface area contributed by atoms with Crippen LogP contribution in [0.1, 0.15) is 0 Å². The Labute approximate surface area is 288 Å². The summed E-state index contributed by atoms with van der Waals surface area (Å²) in [7, 11) is 0. The third-order valence-corrected chi connectivity index (χ3v) is 10.9. The minimum absolute atomic E-state index is 1.13. The molecule has 0 saturated heterocycles. The maximum Gasteiger partial charge on any atom is 0.0562 e. The fraction of sp³-hybridized carbons (Fsp3) is 0. The summed E-state index contributed by atoms with van der Waals surface area (Å²) in [5.74, 6) is 0. The van der Waals surface area contributed by atoms with E-state index < -0.39 is 0 Å². The Morgan fingerprint density at radius 1 is 0.429 bits per heavy atom. The summed E-state index contributed by atoms with van der Waals surface area (Å²) in [6.07, 6.45) is 0. The van der Waals surface area contributed by atoms with E-state index in [2.05, 4.69) is 191 Å². The van der Waals surface area contributed by atoms with Gasteiger partial charge in [-0.15, -0.1) is 11.3 Å². The molecule has 0 aliphatic carbocycles. The van der Waals surface area contributed by atoms with Crippen LogP contribution in [0.5, 0.6) is 0 Å². The Morgan fingerprint density at radius 3 is 1.98 bits per heavy atom. The van der Waals surface area contributed by atoms with Crippen molar-refractivity contribution in [3.63, 3.8) is 0 Å². The number of anilines is 3. The third-order valence-electron chi connectivity index (χ3n) is 9.76. The topological polar surface area (TPSA) is 8.17 Å². The SMILES string of the molecule is c1ccc(-c2ccccc2N(c2ccc3ccc4sc5ccccc5c4c3c2)c2cccc3c2c2ccccc2n3-c2ccccc2)cc1. The smallest absolute Gasteiger partial charge is 0.0562 e. The van der Waals surface area contributed by atoms with Gasteiger partial charge in [-0.3, -0.25) is 0 Å². The molecule has 0 unspecified atom stereocenters. The van der Waals surface area contributed by atoms with Crippen LogP contribution < -0.4 is 4.90 Å². The van der Waals surface area contributed by atoms with Crippen molar-refractivity contribution in [3.8, 4) is 16.8 Å². The van der Waals surface area contributed by atoms with Crippen molar-refractivity contribution >= 4 is 81.1 Å². The highest BCUT2D eigenvalue weighted by Gasteiger charge is 2.23. The van der Waals surface area contributed by atoms with E-state index in [1.807, 2.05) is 11.3 Å². The van der Waals surface area contributed by atoms with E-state index in [0.717, 1.165) is 22.7 Å². The summed E-state index contributed by atoms with van der Waals surface area (Å²) in [4.78, 5) is 2.49. The number of aromatic nitrogens is 1. The van der Waals surface area contributed by atoms with Crippen LogP contribution in [0.15, 0.2) is 182 Å². The van der Waals surface area contributed by atoms with Crippen LogP contribution in [0.3, 0.4) is 0 Å². The Balaban J connectivity index is 1.32. The first-order valence-corrected chi connectivity index (χ1v) is 17.5. The first-order valence-electron chi connectivity index (χ1n) is 16.7. The molecule has 8 aromatic carbocycles. The van der Waals surface area contributed by atoms with Gasteiger partial charge in [-0.1, -0.05) is 121 Å². The highest BCUT2D eigenvalue weighted by molar-refractivity contribution is 7.26. The molecule has 10 rings (SSSR count). The summed E-state index contributed by atoms with van der Waals surface area (Å²) >= 11 is 1.87. The fourth-order valence-corrected chi connectivity index (χ4v) is 8.77. The van der Waals surface area contributed by atoms with Gasteiger partial charge in [0.05, 0.1) is 22.4 Å². The average molecular weight is 643 g/mol. The van der Waals surface area contributed by atoms with Crippen molar-refractivity contribution in [2.75, 3.05) is 4.90 Å². The third kappa shape index (κ3) is 4.40. The molecule has 0 aliphatic rings. The van der Waals surface area contributed by atoms with Gasteiger partial charge >= 0.3 is 0 Å². The summed E-state index contributed by atoms with van der Waals surface area (Å²) < 4.78 is 5.03. The lowest BCUT2D eigenvalue weighted by molar-refractivity contribution is 1.18. The number of para-hydroxylation sites is 3. The average Bonchev–Trinajstić information content (AvgIpc) is 3.72. The summed E-state index contributed by atoms with van der Waals surface area (Å²) in [6, 6.07) is 66.2. The number of rotatable bonds is 5. The molecule has 2 nitrogen and oxygen atoms in total. The molecule has 3 heteroatoms. The fourth-order valence-electron chi connectivity index (χ4n) is 7.65. The molecule has 0 saturated carbocycles. The molecular formula is C46H30N2S. The normalized spacial score (nSPS) is 11.7. The standard InChI is InChI=1S/C46H30N2S/c1-3-14-31(15-4-1)35-18-7-10-21-39(35)48(34-28-26-32-27-29-44-45(38(32)30-34)37-20-9-12-25-43(37)49-44)42-24-13-23-41-46(42)36-19-8-11-22-40(36)47(41)33-16-5-2-6-17-33/h1-30H. The Kier molecular flexibility index (Phi) is 6.39. The predicted molar refractivity (Wildman–Crippen MR) is 211 cm³/mol. The number of hydrogen-bond acceptors (Lipinski definition) is 2.